The lowest BCUT2D eigenvalue weighted by atomic mass is 10.3. The Balaban J connectivity index is 1.63. The summed E-state index contributed by atoms with van der Waals surface area (Å²) in [6.07, 6.45) is 0.230. The molecule has 0 aliphatic heterocycles. The maximum Gasteiger partial charge on any atom is 0.230 e. The number of rotatable bonds is 7. The van der Waals surface area contributed by atoms with E-state index >= 15 is 0 Å². The van der Waals surface area contributed by atoms with E-state index in [9.17, 15) is 9.59 Å². The summed E-state index contributed by atoms with van der Waals surface area (Å²) in [4.78, 5) is 24.5. The highest BCUT2D eigenvalue weighted by molar-refractivity contribution is 9.10. The zero-order chi connectivity index (χ0) is 17.4. The number of carbonyl (C=O) groups excluding carboxylic acids is 2. The van der Waals surface area contributed by atoms with E-state index in [-0.39, 0.29) is 18.2 Å². The molecule has 0 aromatic heterocycles. The van der Waals surface area contributed by atoms with Gasteiger partial charge in [0, 0.05) is 33.0 Å². The normalized spacial score (nSPS) is 10.2. The number of benzene rings is 2. The van der Waals surface area contributed by atoms with Crippen molar-refractivity contribution in [2.75, 3.05) is 17.6 Å². The highest BCUT2D eigenvalue weighted by Crippen LogP contribution is 2.19. The summed E-state index contributed by atoms with van der Waals surface area (Å²) in [6.45, 7) is 0.308. The number of anilines is 1. The van der Waals surface area contributed by atoms with Crippen molar-refractivity contribution in [1.29, 1.82) is 0 Å². The fourth-order valence-corrected chi connectivity index (χ4v) is 2.92. The van der Waals surface area contributed by atoms with Crippen LogP contribution in [0.5, 0.6) is 0 Å². The van der Waals surface area contributed by atoms with Gasteiger partial charge in [0.1, 0.15) is 0 Å². The van der Waals surface area contributed by atoms with Gasteiger partial charge in [-0.2, -0.15) is 0 Å². The van der Waals surface area contributed by atoms with Gasteiger partial charge in [-0.3, -0.25) is 9.59 Å². The minimum atomic E-state index is -0.136. The molecule has 0 aliphatic rings. The first kappa shape index (κ1) is 18.8. The van der Waals surface area contributed by atoms with Crippen LogP contribution in [0.15, 0.2) is 57.9 Å². The SMILES string of the molecule is O=C(CSc1ccc(Cl)cc1)NCCC(=O)Nc1ccc(Br)cc1. The lowest BCUT2D eigenvalue weighted by Gasteiger charge is -2.07. The summed E-state index contributed by atoms with van der Waals surface area (Å²) >= 11 is 10.6. The van der Waals surface area contributed by atoms with Gasteiger partial charge in [0.15, 0.2) is 0 Å². The van der Waals surface area contributed by atoms with E-state index in [1.54, 1.807) is 12.1 Å². The molecule has 2 N–H and O–H groups in total. The van der Waals surface area contributed by atoms with Crippen molar-refractivity contribution in [2.45, 2.75) is 11.3 Å². The van der Waals surface area contributed by atoms with E-state index in [2.05, 4.69) is 26.6 Å². The smallest absolute Gasteiger partial charge is 0.230 e. The van der Waals surface area contributed by atoms with Crippen LogP contribution >= 0.6 is 39.3 Å². The Morgan fingerprint density at radius 3 is 2.33 bits per heavy atom. The van der Waals surface area contributed by atoms with Crippen molar-refractivity contribution >= 4 is 56.8 Å². The second-order valence-electron chi connectivity index (χ2n) is 4.90. The summed E-state index contributed by atoms with van der Waals surface area (Å²) in [6, 6.07) is 14.6. The standard InChI is InChI=1S/C17H16BrClN2O2S/c18-12-1-5-14(6-2-12)21-16(22)9-10-20-17(23)11-24-15-7-3-13(19)4-8-15/h1-8H,9-11H2,(H,20,23)(H,21,22). The van der Waals surface area contributed by atoms with Gasteiger partial charge in [-0.05, 0) is 48.5 Å². The van der Waals surface area contributed by atoms with Gasteiger partial charge in [0.2, 0.25) is 11.8 Å². The first-order chi connectivity index (χ1) is 11.5. The molecule has 24 heavy (non-hydrogen) atoms. The molecule has 0 saturated carbocycles. The Hall–Kier alpha value is -1.50. The molecule has 0 spiro atoms. The third-order valence-electron chi connectivity index (χ3n) is 2.99. The van der Waals surface area contributed by atoms with Crippen LogP contribution in [0.3, 0.4) is 0 Å². The van der Waals surface area contributed by atoms with Crippen LogP contribution in [0.1, 0.15) is 6.42 Å². The molecule has 7 heteroatoms. The molecule has 2 aromatic rings. The Bertz CT molecular complexity index is 693. The maximum absolute atomic E-state index is 11.8. The summed E-state index contributed by atoms with van der Waals surface area (Å²) in [5, 5.41) is 6.18. The molecule has 2 aromatic carbocycles. The zero-order valence-electron chi connectivity index (χ0n) is 12.7. The van der Waals surface area contributed by atoms with Crippen molar-refractivity contribution in [3.8, 4) is 0 Å². The van der Waals surface area contributed by atoms with Gasteiger partial charge in [-0.15, -0.1) is 11.8 Å². The zero-order valence-corrected chi connectivity index (χ0v) is 15.9. The van der Waals surface area contributed by atoms with Crippen molar-refractivity contribution in [3.05, 3.63) is 58.0 Å². The molecule has 126 valence electrons. The fourth-order valence-electron chi connectivity index (χ4n) is 1.80. The van der Waals surface area contributed by atoms with E-state index in [1.165, 1.54) is 11.8 Å². The van der Waals surface area contributed by atoms with Gasteiger partial charge >= 0.3 is 0 Å². The lowest BCUT2D eigenvalue weighted by Crippen LogP contribution is -2.28. The molecule has 0 fully saturated rings. The predicted molar refractivity (Wildman–Crippen MR) is 103 cm³/mol. The molecule has 0 unspecified atom stereocenters. The molecule has 0 saturated heterocycles. The molecule has 2 rings (SSSR count). The highest BCUT2D eigenvalue weighted by Gasteiger charge is 2.06. The third-order valence-corrected chi connectivity index (χ3v) is 4.78. The summed E-state index contributed by atoms with van der Waals surface area (Å²) in [7, 11) is 0. The highest BCUT2D eigenvalue weighted by atomic mass is 79.9. The fraction of sp³-hybridized carbons (Fsp3) is 0.176. The van der Waals surface area contributed by atoms with Gasteiger partial charge in [-0.25, -0.2) is 0 Å². The van der Waals surface area contributed by atoms with E-state index in [1.807, 2.05) is 36.4 Å². The minimum absolute atomic E-state index is 0.105. The first-order valence-corrected chi connectivity index (χ1v) is 9.39. The van der Waals surface area contributed by atoms with Crippen molar-refractivity contribution in [3.63, 3.8) is 0 Å². The van der Waals surface area contributed by atoms with Crippen LogP contribution in [-0.2, 0) is 9.59 Å². The van der Waals surface area contributed by atoms with E-state index in [0.29, 0.717) is 17.3 Å². The van der Waals surface area contributed by atoms with Crippen LogP contribution < -0.4 is 10.6 Å². The maximum atomic E-state index is 11.8. The minimum Gasteiger partial charge on any atom is -0.355 e. The van der Waals surface area contributed by atoms with Gasteiger partial charge < -0.3 is 10.6 Å². The van der Waals surface area contributed by atoms with Crippen LogP contribution in [0.4, 0.5) is 5.69 Å². The Labute approximate surface area is 158 Å². The Morgan fingerprint density at radius 1 is 1.00 bits per heavy atom. The number of thioether (sulfide) groups is 1. The number of amides is 2. The van der Waals surface area contributed by atoms with Crippen LogP contribution in [-0.4, -0.2) is 24.1 Å². The molecular formula is C17H16BrClN2O2S. The number of halogens is 2. The van der Waals surface area contributed by atoms with Crippen LogP contribution in [0.25, 0.3) is 0 Å². The monoisotopic (exact) mass is 426 g/mol. The third kappa shape index (κ3) is 6.95. The van der Waals surface area contributed by atoms with E-state index in [0.717, 1.165) is 15.1 Å². The van der Waals surface area contributed by atoms with Gasteiger partial charge in [0.25, 0.3) is 0 Å². The number of hydrogen-bond acceptors (Lipinski definition) is 3. The average molecular weight is 428 g/mol. The molecule has 0 bridgehead atoms. The summed E-state index contributed by atoms with van der Waals surface area (Å²) in [5.74, 6) is 0.0602. The predicted octanol–water partition coefficient (Wildman–Crippen LogP) is 4.34. The summed E-state index contributed by atoms with van der Waals surface area (Å²) in [5.41, 5.74) is 0.729. The molecule has 2 amide bonds. The second-order valence-corrected chi connectivity index (χ2v) is 7.30. The van der Waals surface area contributed by atoms with Crippen LogP contribution in [0.2, 0.25) is 5.02 Å². The molecule has 4 nitrogen and oxygen atoms in total. The number of nitrogens with one attached hydrogen (secondary N) is 2. The van der Waals surface area contributed by atoms with E-state index in [4.69, 9.17) is 11.6 Å². The topological polar surface area (TPSA) is 58.2 Å². The lowest BCUT2D eigenvalue weighted by molar-refractivity contribution is -0.119. The van der Waals surface area contributed by atoms with Gasteiger partial charge in [0.05, 0.1) is 5.75 Å². The largest absolute Gasteiger partial charge is 0.355 e. The molecule has 0 radical (unpaired) electrons. The molecule has 0 aliphatic carbocycles. The number of hydrogen-bond donors (Lipinski definition) is 2. The van der Waals surface area contributed by atoms with Crippen molar-refractivity contribution in [1.82, 2.24) is 5.32 Å². The summed E-state index contributed by atoms with van der Waals surface area (Å²) < 4.78 is 0.950. The van der Waals surface area contributed by atoms with Crippen molar-refractivity contribution in [2.24, 2.45) is 0 Å². The first-order valence-electron chi connectivity index (χ1n) is 7.23. The van der Waals surface area contributed by atoms with E-state index < -0.39 is 0 Å². The molecule has 0 heterocycles. The quantitative estimate of drug-likeness (QED) is 0.646. The molecular weight excluding hydrogens is 412 g/mol. The van der Waals surface area contributed by atoms with Gasteiger partial charge in [-0.1, -0.05) is 27.5 Å². The average Bonchev–Trinajstić information content (AvgIpc) is 2.56. The second kappa shape index (κ2) is 9.71. The van der Waals surface area contributed by atoms with Crippen molar-refractivity contribution < 1.29 is 9.59 Å². The Kier molecular flexibility index (Phi) is 7.62. The molecule has 0 atom stereocenters. The number of carbonyl (C=O) groups is 2. The Morgan fingerprint density at radius 2 is 1.67 bits per heavy atom. The van der Waals surface area contributed by atoms with Crippen LogP contribution in [0, 0.1) is 0 Å².